The number of hydrogen-bond acceptors (Lipinski definition) is 4. The van der Waals surface area contributed by atoms with Gasteiger partial charge in [0.1, 0.15) is 0 Å². The Labute approximate surface area is 107 Å². The van der Waals surface area contributed by atoms with Crippen molar-refractivity contribution in [1.82, 2.24) is 15.1 Å². The van der Waals surface area contributed by atoms with Crippen molar-refractivity contribution in [1.29, 1.82) is 0 Å². The lowest BCUT2D eigenvalue weighted by molar-refractivity contribution is 0.132. The number of rotatable bonds is 12. The molecule has 0 radical (unpaired) electrons. The van der Waals surface area contributed by atoms with E-state index in [2.05, 4.69) is 43.2 Å². The molecule has 0 atom stereocenters. The van der Waals surface area contributed by atoms with E-state index in [0.29, 0.717) is 0 Å². The molecule has 0 saturated carbocycles. The van der Waals surface area contributed by atoms with Crippen LogP contribution in [-0.2, 0) is 4.74 Å². The molecule has 4 heteroatoms. The summed E-state index contributed by atoms with van der Waals surface area (Å²) in [4.78, 5) is 4.57. The molecule has 17 heavy (non-hydrogen) atoms. The maximum atomic E-state index is 5.48. The minimum Gasteiger partial charge on any atom is -0.380 e. The number of ether oxygens (including phenoxy) is 1. The van der Waals surface area contributed by atoms with E-state index >= 15 is 0 Å². The quantitative estimate of drug-likeness (QED) is 0.517. The summed E-state index contributed by atoms with van der Waals surface area (Å²) < 4.78 is 5.48. The summed E-state index contributed by atoms with van der Waals surface area (Å²) in [6.45, 7) is 9.28. The van der Waals surface area contributed by atoms with Gasteiger partial charge in [-0.1, -0.05) is 13.3 Å². The van der Waals surface area contributed by atoms with Crippen LogP contribution in [0.15, 0.2) is 0 Å². The molecule has 0 fully saturated rings. The van der Waals surface area contributed by atoms with Crippen molar-refractivity contribution in [2.45, 2.75) is 19.8 Å². The Kier molecular flexibility index (Phi) is 12.2. The minimum absolute atomic E-state index is 0.835. The van der Waals surface area contributed by atoms with Gasteiger partial charge in [-0.15, -0.1) is 0 Å². The predicted molar refractivity (Wildman–Crippen MR) is 74.6 cm³/mol. The molecule has 0 aliphatic carbocycles. The largest absolute Gasteiger partial charge is 0.380 e. The molecule has 0 aliphatic heterocycles. The maximum Gasteiger partial charge on any atom is 0.0590 e. The Balaban J connectivity index is 3.11. The lowest BCUT2D eigenvalue weighted by Gasteiger charge is -2.19. The van der Waals surface area contributed by atoms with Crippen LogP contribution in [0.5, 0.6) is 0 Å². The van der Waals surface area contributed by atoms with Gasteiger partial charge in [0.2, 0.25) is 0 Å². The van der Waals surface area contributed by atoms with Gasteiger partial charge in [0.25, 0.3) is 0 Å². The van der Waals surface area contributed by atoms with Gasteiger partial charge in [-0.25, -0.2) is 0 Å². The van der Waals surface area contributed by atoms with Crippen LogP contribution in [0.2, 0.25) is 0 Å². The van der Waals surface area contributed by atoms with E-state index in [1.807, 2.05) is 0 Å². The fraction of sp³-hybridized carbons (Fsp3) is 1.00. The molecule has 0 aromatic heterocycles. The van der Waals surface area contributed by atoms with Crippen LogP contribution in [0, 0.1) is 0 Å². The van der Waals surface area contributed by atoms with Gasteiger partial charge >= 0.3 is 0 Å². The number of likely N-dealkylation sites (N-methyl/N-ethyl adjacent to an activating group) is 2. The van der Waals surface area contributed by atoms with Gasteiger partial charge < -0.3 is 19.9 Å². The second-order valence-electron chi connectivity index (χ2n) is 4.82. The number of nitrogens with one attached hydrogen (secondary N) is 1. The van der Waals surface area contributed by atoms with E-state index in [-0.39, 0.29) is 0 Å². The van der Waals surface area contributed by atoms with Crippen molar-refractivity contribution in [3.8, 4) is 0 Å². The summed E-state index contributed by atoms with van der Waals surface area (Å²) in [6.07, 6.45) is 2.39. The van der Waals surface area contributed by atoms with Gasteiger partial charge in [0.05, 0.1) is 6.61 Å². The Morgan fingerprint density at radius 2 is 1.71 bits per heavy atom. The summed E-state index contributed by atoms with van der Waals surface area (Å²) in [5, 5.41) is 3.40. The molecule has 0 bridgehead atoms. The van der Waals surface area contributed by atoms with Crippen LogP contribution in [-0.4, -0.2) is 76.9 Å². The number of unbranched alkanes of at least 4 members (excludes halogenated alkanes) is 1. The van der Waals surface area contributed by atoms with Crippen molar-refractivity contribution in [3.63, 3.8) is 0 Å². The summed E-state index contributed by atoms with van der Waals surface area (Å²) in [5.74, 6) is 0. The summed E-state index contributed by atoms with van der Waals surface area (Å²) in [5.41, 5.74) is 0. The van der Waals surface area contributed by atoms with E-state index in [4.69, 9.17) is 4.74 Å². The molecule has 1 N–H and O–H groups in total. The molecule has 0 spiro atoms. The fourth-order valence-electron chi connectivity index (χ4n) is 1.37. The highest BCUT2D eigenvalue weighted by molar-refractivity contribution is 4.56. The lowest BCUT2D eigenvalue weighted by atomic mass is 10.4. The van der Waals surface area contributed by atoms with Gasteiger partial charge in [-0.05, 0) is 27.6 Å². The Hall–Kier alpha value is -0.160. The molecule has 0 aliphatic rings. The second kappa shape index (κ2) is 12.3. The molecule has 4 nitrogen and oxygen atoms in total. The van der Waals surface area contributed by atoms with Crippen LogP contribution in [0.1, 0.15) is 19.8 Å². The highest BCUT2D eigenvalue weighted by Crippen LogP contribution is 1.86. The van der Waals surface area contributed by atoms with Crippen molar-refractivity contribution in [3.05, 3.63) is 0 Å². The zero-order valence-corrected chi connectivity index (χ0v) is 12.2. The van der Waals surface area contributed by atoms with Gasteiger partial charge in [-0.3, -0.25) is 0 Å². The van der Waals surface area contributed by atoms with Crippen LogP contribution < -0.4 is 5.32 Å². The summed E-state index contributed by atoms with van der Waals surface area (Å²) >= 11 is 0. The van der Waals surface area contributed by atoms with Crippen LogP contribution in [0.4, 0.5) is 0 Å². The van der Waals surface area contributed by atoms with Gasteiger partial charge in [0, 0.05) is 39.3 Å². The van der Waals surface area contributed by atoms with Crippen LogP contribution in [0.3, 0.4) is 0 Å². The first-order chi connectivity index (χ1) is 8.16. The Bertz CT molecular complexity index is 154. The van der Waals surface area contributed by atoms with Crippen LogP contribution >= 0.6 is 0 Å². The topological polar surface area (TPSA) is 27.7 Å². The Morgan fingerprint density at radius 1 is 0.941 bits per heavy atom. The van der Waals surface area contributed by atoms with Crippen molar-refractivity contribution in [2.75, 3.05) is 67.1 Å². The molecule has 0 unspecified atom stereocenters. The molecule has 0 aromatic rings. The third-order valence-corrected chi connectivity index (χ3v) is 2.66. The molecule has 0 saturated heterocycles. The SMILES string of the molecule is CCCCOCCNCCN(C)CCN(C)C. The average molecular weight is 245 g/mol. The van der Waals surface area contributed by atoms with Crippen LogP contribution in [0.25, 0.3) is 0 Å². The molecule has 0 heterocycles. The van der Waals surface area contributed by atoms with Crippen molar-refractivity contribution in [2.24, 2.45) is 0 Å². The predicted octanol–water partition coefficient (Wildman–Crippen LogP) is 0.886. The zero-order chi connectivity index (χ0) is 12.9. The third kappa shape index (κ3) is 13.8. The smallest absolute Gasteiger partial charge is 0.0590 e. The summed E-state index contributed by atoms with van der Waals surface area (Å²) in [7, 11) is 6.39. The molecule has 0 aromatic carbocycles. The van der Waals surface area contributed by atoms with Gasteiger partial charge in [-0.2, -0.15) is 0 Å². The first-order valence-electron chi connectivity index (χ1n) is 6.78. The zero-order valence-electron chi connectivity index (χ0n) is 12.2. The Morgan fingerprint density at radius 3 is 2.35 bits per heavy atom. The standard InChI is InChI=1S/C13H31N3O/c1-5-6-12-17-13-8-14-7-9-16(4)11-10-15(2)3/h14H,5-13H2,1-4H3. The van der Waals surface area contributed by atoms with E-state index < -0.39 is 0 Å². The highest BCUT2D eigenvalue weighted by atomic mass is 16.5. The number of hydrogen-bond donors (Lipinski definition) is 1. The van der Waals surface area contributed by atoms with E-state index in [1.54, 1.807) is 0 Å². The normalized spacial score (nSPS) is 11.6. The minimum atomic E-state index is 0.835. The van der Waals surface area contributed by atoms with Gasteiger partial charge in [0.15, 0.2) is 0 Å². The van der Waals surface area contributed by atoms with E-state index in [0.717, 1.165) is 45.9 Å². The average Bonchev–Trinajstić information content (AvgIpc) is 2.30. The lowest BCUT2D eigenvalue weighted by Crippen LogP contribution is -2.34. The van der Waals surface area contributed by atoms with Crippen molar-refractivity contribution < 1.29 is 4.74 Å². The first-order valence-corrected chi connectivity index (χ1v) is 6.78. The molecule has 104 valence electrons. The highest BCUT2D eigenvalue weighted by Gasteiger charge is 1.98. The molecular formula is C13H31N3O. The molecule has 0 amide bonds. The molecule has 0 rings (SSSR count). The third-order valence-electron chi connectivity index (χ3n) is 2.66. The van der Waals surface area contributed by atoms with Crippen molar-refractivity contribution >= 4 is 0 Å². The monoisotopic (exact) mass is 245 g/mol. The summed E-state index contributed by atoms with van der Waals surface area (Å²) in [6, 6.07) is 0. The molecular weight excluding hydrogens is 214 g/mol. The number of nitrogens with zero attached hydrogens (tertiary/aromatic N) is 2. The van der Waals surface area contributed by atoms with E-state index in [1.165, 1.54) is 12.8 Å². The second-order valence-corrected chi connectivity index (χ2v) is 4.82. The fourth-order valence-corrected chi connectivity index (χ4v) is 1.37. The first kappa shape index (κ1) is 16.8. The maximum absolute atomic E-state index is 5.48. The van der Waals surface area contributed by atoms with E-state index in [9.17, 15) is 0 Å².